The molecular weight excluding hydrogens is 212 g/mol. The van der Waals surface area contributed by atoms with Gasteiger partial charge >= 0.3 is 0 Å². The second-order valence-corrected chi connectivity index (χ2v) is 5.69. The van der Waals surface area contributed by atoms with Crippen LogP contribution < -0.4 is 5.73 Å². The van der Waals surface area contributed by atoms with Gasteiger partial charge in [0.25, 0.3) is 0 Å². The van der Waals surface area contributed by atoms with E-state index in [1.165, 1.54) is 0 Å². The molecule has 3 N–H and O–H groups in total. The van der Waals surface area contributed by atoms with Crippen molar-refractivity contribution < 1.29 is 5.11 Å². The summed E-state index contributed by atoms with van der Waals surface area (Å²) in [4.78, 5) is 4.09. The number of nitrogen functional groups attached to an aromatic ring is 1. The smallest absolute Gasteiger partial charge is 0.0936 e. The van der Waals surface area contributed by atoms with Crippen molar-refractivity contribution in [2.45, 2.75) is 46.1 Å². The molecule has 1 aromatic rings. The van der Waals surface area contributed by atoms with Crippen molar-refractivity contribution in [3.05, 3.63) is 24.0 Å². The molecule has 3 nitrogen and oxygen atoms in total. The van der Waals surface area contributed by atoms with E-state index >= 15 is 0 Å². The number of pyridine rings is 1. The third-order valence-corrected chi connectivity index (χ3v) is 2.85. The first kappa shape index (κ1) is 14.0. The number of hydrogen-bond acceptors (Lipinski definition) is 3. The standard InChI is InChI=1S/C14H24N2O/c1-10(2)7-14(17,8-11(3)4)12-9-16-6-5-13(12)15/h5-6,9-11,17H,7-8H2,1-4H3,(H2,15,16). The van der Waals surface area contributed by atoms with Crippen LogP contribution in [0.4, 0.5) is 5.69 Å². The molecule has 0 radical (unpaired) electrons. The van der Waals surface area contributed by atoms with Crippen LogP contribution in [-0.4, -0.2) is 10.1 Å². The van der Waals surface area contributed by atoms with Crippen LogP contribution in [0.1, 0.15) is 46.1 Å². The van der Waals surface area contributed by atoms with Crippen molar-refractivity contribution >= 4 is 5.69 Å². The second-order valence-electron chi connectivity index (χ2n) is 5.69. The zero-order valence-corrected chi connectivity index (χ0v) is 11.3. The molecule has 17 heavy (non-hydrogen) atoms. The van der Waals surface area contributed by atoms with Crippen molar-refractivity contribution in [3.8, 4) is 0 Å². The Morgan fingerprint density at radius 1 is 1.24 bits per heavy atom. The Hall–Kier alpha value is -1.09. The van der Waals surface area contributed by atoms with E-state index < -0.39 is 5.60 Å². The Morgan fingerprint density at radius 3 is 2.18 bits per heavy atom. The zero-order chi connectivity index (χ0) is 13.1. The molecule has 0 aliphatic heterocycles. The summed E-state index contributed by atoms with van der Waals surface area (Å²) < 4.78 is 0. The van der Waals surface area contributed by atoms with Gasteiger partial charge in [-0.3, -0.25) is 4.98 Å². The van der Waals surface area contributed by atoms with E-state index in [-0.39, 0.29) is 0 Å². The first-order valence-corrected chi connectivity index (χ1v) is 6.27. The average Bonchev–Trinajstić information content (AvgIpc) is 2.15. The van der Waals surface area contributed by atoms with Gasteiger partial charge in [-0.15, -0.1) is 0 Å². The molecule has 0 spiro atoms. The molecule has 0 saturated carbocycles. The first-order valence-electron chi connectivity index (χ1n) is 6.27. The molecule has 3 heteroatoms. The predicted octanol–water partition coefficient (Wildman–Crippen LogP) is 2.94. The van der Waals surface area contributed by atoms with Crippen LogP contribution in [0.2, 0.25) is 0 Å². The van der Waals surface area contributed by atoms with E-state index in [1.807, 2.05) is 0 Å². The third-order valence-electron chi connectivity index (χ3n) is 2.85. The van der Waals surface area contributed by atoms with E-state index in [0.717, 1.165) is 5.56 Å². The zero-order valence-electron chi connectivity index (χ0n) is 11.3. The van der Waals surface area contributed by atoms with Gasteiger partial charge in [0, 0.05) is 23.6 Å². The van der Waals surface area contributed by atoms with Crippen LogP contribution in [0.5, 0.6) is 0 Å². The normalized spacial score (nSPS) is 12.4. The van der Waals surface area contributed by atoms with Gasteiger partial charge < -0.3 is 10.8 Å². The van der Waals surface area contributed by atoms with Crippen molar-refractivity contribution in [2.75, 3.05) is 5.73 Å². The van der Waals surface area contributed by atoms with Gasteiger partial charge in [-0.1, -0.05) is 27.7 Å². The Balaban J connectivity index is 3.09. The van der Waals surface area contributed by atoms with E-state index in [1.54, 1.807) is 18.5 Å². The third kappa shape index (κ3) is 3.70. The lowest BCUT2D eigenvalue weighted by molar-refractivity contribution is -0.00407. The Bertz CT molecular complexity index is 351. The lowest BCUT2D eigenvalue weighted by Gasteiger charge is -2.32. The largest absolute Gasteiger partial charge is 0.398 e. The number of aromatic nitrogens is 1. The summed E-state index contributed by atoms with van der Waals surface area (Å²) in [6, 6.07) is 1.75. The van der Waals surface area contributed by atoms with Gasteiger partial charge in [-0.05, 0) is 30.7 Å². The molecule has 96 valence electrons. The fourth-order valence-electron chi connectivity index (χ4n) is 2.45. The van der Waals surface area contributed by atoms with Crippen molar-refractivity contribution in [1.29, 1.82) is 0 Å². The molecular formula is C14H24N2O. The van der Waals surface area contributed by atoms with Gasteiger partial charge in [0.05, 0.1) is 5.60 Å². The summed E-state index contributed by atoms with van der Waals surface area (Å²) in [7, 11) is 0. The maximum atomic E-state index is 10.9. The molecule has 0 aliphatic carbocycles. The number of aliphatic hydroxyl groups is 1. The molecule has 0 bridgehead atoms. The highest BCUT2D eigenvalue weighted by Crippen LogP contribution is 2.37. The van der Waals surface area contributed by atoms with Crippen LogP contribution in [0.15, 0.2) is 18.5 Å². The van der Waals surface area contributed by atoms with E-state index in [2.05, 4.69) is 32.7 Å². The van der Waals surface area contributed by atoms with Gasteiger partial charge in [0.15, 0.2) is 0 Å². The molecule has 1 heterocycles. The SMILES string of the molecule is CC(C)CC(O)(CC(C)C)c1cnccc1N. The summed E-state index contributed by atoms with van der Waals surface area (Å²) in [6.45, 7) is 8.44. The van der Waals surface area contributed by atoms with E-state index in [9.17, 15) is 5.11 Å². The fourth-order valence-corrected chi connectivity index (χ4v) is 2.45. The van der Waals surface area contributed by atoms with Crippen molar-refractivity contribution in [1.82, 2.24) is 4.98 Å². The minimum atomic E-state index is -0.860. The topological polar surface area (TPSA) is 59.1 Å². The fraction of sp³-hybridized carbons (Fsp3) is 0.643. The minimum Gasteiger partial charge on any atom is -0.398 e. The summed E-state index contributed by atoms with van der Waals surface area (Å²) in [6.07, 6.45) is 4.77. The second kappa shape index (κ2) is 5.50. The lowest BCUT2D eigenvalue weighted by atomic mass is 9.80. The van der Waals surface area contributed by atoms with Crippen molar-refractivity contribution in [2.24, 2.45) is 11.8 Å². The number of nitrogens with two attached hydrogens (primary N) is 1. The summed E-state index contributed by atoms with van der Waals surface area (Å²) in [5.41, 5.74) is 6.49. The number of hydrogen-bond donors (Lipinski definition) is 2. The lowest BCUT2D eigenvalue weighted by Crippen LogP contribution is -2.30. The highest BCUT2D eigenvalue weighted by molar-refractivity contribution is 5.47. The molecule has 0 aromatic carbocycles. The van der Waals surface area contributed by atoms with Crippen LogP contribution >= 0.6 is 0 Å². The summed E-state index contributed by atoms with van der Waals surface area (Å²) in [5.74, 6) is 0.830. The number of rotatable bonds is 5. The number of anilines is 1. The molecule has 0 amide bonds. The number of nitrogens with zero attached hydrogens (tertiary/aromatic N) is 1. The quantitative estimate of drug-likeness (QED) is 0.826. The van der Waals surface area contributed by atoms with Crippen LogP contribution in [0, 0.1) is 11.8 Å². The van der Waals surface area contributed by atoms with Gasteiger partial charge in [-0.25, -0.2) is 0 Å². The summed E-state index contributed by atoms with van der Waals surface area (Å²) in [5, 5.41) is 10.9. The highest BCUT2D eigenvalue weighted by Gasteiger charge is 2.32. The molecule has 0 unspecified atom stereocenters. The molecule has 1 aromatic heterocycles. The van der Waals surface area contributed by atoms with Gasteiger partial charge in [0.1, 0.15) is 0 Å². The van der Waals surface area contributed by atoms with E-state index in [0.29, 0.717) is 30.4 Å². The molecule has 0 fully saturated rings. The monoisotopic (exact) mass is 236 g/mol. The highest BCUT2D eigenvalue weighted by atomic mass is 16.3. The maximum absolute atomic E-state index is 10.9. The molecule has 1 rings (SSSR count). The first-order chi connectivity index (χ1) is 7.85. The van der Waals surface area contributed by atoms with Crippen LogP contribution in [-0.2, 0) is 5.60 Å². The summed E-state index contributed by atoms with van der Waals surface area (Å²) >= 11 is 0. The molecule has 0 atom stereocenters. The van der Waals surface area contributed by atoms with Crippen LogP contribution in [0.3, 0.4) is 0 Å². The van der Waals surface area contributed by atoms with E-state index in [4.69, 9.17) is 5.73 Å². The minimum absolute atomic E-state index is 0.415. The molecule has 0 aliphatic rings. The Labute approximate surface area is 104 Å². The van der Waals surface area contributed by atoms with Gasteiger partial charge in [-0.2, -0.15) is 0 Å². The average molecular weight is 236 g/mol. The van der Waals surface area contributed by atoms with Crippen LogP contribution in [0.25, 0.3) is 0 Å². The van der Waals surface area contributed by atoms with Crippen molar-refractivity contribution in [3.63, 3.8) is 0 Å². The molecule has 0 saturated heterocycles. The maximum Gasteiger partial charge on any atom is 0.0936 e. The van der Waals surface area contributed by atoms with Gasteiger partial charge in [0.2, 0.25) is 0 Å². The Kier molecular flexibility index (Phi) is 4.52. The predicted molar refractivity (Wildman–Crippen MR) is 71.5 cm³/mol. The Morgan fingerprint density at radius 2 is 1.76 bits per heavy atom.